The van der Waals surface area contributed by atoms with Gasteiger partial charge in [0.15, 0.2) is 5.78 Å². The highest BCUT2D eigenvalue weighted by Crippen LogP contribution is 2.20. The van der Waals surface area contributed by atoms with Crippen LogP contribution in [0.5, 0.6) is 0 Å². The molecule has 0 saturated heterocycles. The first kappa shape index (κ1) is 33.3. The number of aryl methyl sites for hydroxylation is 1. The molecule has 0 aliphatic heterocycles. The fraction of sp³-hybridized carbons (Fsp3) is 0.321. The number of carbonyl (C=O) groups is 7. The standard InChI is InChI=1S/C21H22N2O5.C7H11NO4/c1-14-8-6-7-11-18(14)23(19(26)13-24)12-17(15(2)25)22-21(28)20(27)16-9-4-3-5-10-16;1-2-6(10)8-5(4-9)3-7(11)12/h3-11,17,24H,12-13H2,1-2H3,(H,22,28);4-5H,2-3H2,1H3,(H,8,10)(H,11,12). The predicted octanol–water partition coefficient (Wildman–Crippen LogP) is 0.832. The highest BCUT2D eigenvalue weighted by atomic mass is 16.4. The number of carbonyl (C=O) groups excluding carboxylic acids is 6. The summed E-state index contributed by atoms with van der Waals surface area (Å²) in [5.74, 6) is -4.19. The van der Waals surface area contributed by atoms with Gasteiger partial charge in [0.25, 0.3) is 11.8 Å². The number of aliphatic hydroxyl groups excluding tert-OH is 1. The lowest BCUT2D eigenvalue weighted by molar-refractivity contribution is -0.138. The van der Waals surface area contributed by atoms with Gasteiger partial charge in [-0.3, -0.25) is 28.8 Å². The molecule has 2 aromatic rings. The van der Waals surface area contributed by atoms with Crippen molar-refractivity contribution in [2.24, 2.45) is 0 Å². The van der Waals surface area contributed by atoms with Crippen LogP contribution < -0.4 is 15.5 Å². The van der Waals surface area contributed by atoms with Gasteiger partial charge in [0, 0.05) is 17.7 Å². The first-order valence-electron chi connectivity index (χ1n) is 12.3. The van der Waals surface area contributed by atoms with Crippen LogP contribution in [0.2, 0.25) is 0 Å². The Kier molecular flexibility index (Phi) is 14.2. The van der Waals surface area contributed by atoms with E-state index in [1.807, 2.05) is 0 Å². The van der Waals surface area contributed by atoms with Gasteiger partial charge < -0.3 is 30.5 Å². The van der Waals surface area contributed by atoms with Crippen LogP contribution >= 0.6 is 0 Å². The Morgan fingerprint density at radius 3 is 2.05 bits per heavy atom. The SMILES string of the molecule is CC(=O)C(CN(C(=O)CO)c1ccccc1C)NC(=O)C(=O)c1ccccc1.CCC(=O)NC(C=O)CC(=O)O. The van der Waals surface area contributed by atoms with Gasteiger partial charge in [-0.15, -0.1) is 0 Å². The van der Waals surface area contributed by atoms with Crippen LogP contribution in [0.3, 0.4) is 0 Å². The number of Topliss-reactive ketones (excluding diaryl/α,β-unsaturated/α-hetero) is 2. The molecule has 12 heteroatoms. The third-order valence-corrected chi connectivity index (χ3v) is 5.47. The van der Waals surface area contributed by atoms with Gasteiger partial charge in [-0.05, 0) is 25.5 Å². The van der Waals surface area contributed by atoms with E-state index in [9.17, 15) is 38.7 Å². The number of anilines is 1. The fourth-order valence-electron chi connectivity index (χ4n) is 3.32. The Bertz CT molecular complexity index is 1210. The molecule has 0 aromatic heterocycles. The van der Waals surface area contributed by atoms with Crippen molar-refractivity contribution in [3.05, 3.63) is 65.7 Å². The lowest BCUT2D eigenvalue weighted by atomic mass is 10.1. The zero-order valence-electron chi connectivity index (χ0n) is 22.5. The van der Waals surface area contributed by atoms with Crippen LogP contribution in [0.25, 0.3) is 0 Å². The highest BCUT2D eigenvalue weighted by Gasteiger charge is 2.27. The Labute approximate surface area is 231 Å². The summed E-state index contributed by atoms with van der Waals surface area (Å²) < 4.78 is 0. The van der Waals surface area contributed by atoms with Gasteiger partial charge in [-0.2, -0.15) is 0 Å². The van der Waals surface area contributed by atoms with Crippen molar-refractivity contribution in [2.75, 3.05) is 18.1 Å². The second-order valence-electron chi connectivity index (χ2n) is 8.54. The van der Waals surface area contributed by atoms with Crippen molar-refractivity contribution in [3.63, 3.8) is 0 Å². The molecule has 2 atom stereocenters. The van der Waals surface area contributed by atoms with Crippen LogP contribution in [0.4, 0.5) is 5.69 Å². The number of carboxylic acid groups (broad SMARTS) is 1. The van der Waals surface area contributed by atoms with Crippen LogP contribution in [0.1, 0.15) is 42.6 Å². The van der Waals surface area contributed by atoms with Crippen molar-refractivity contribution in [1.29, 1.82) is 0 Å². The van der Waals surface area contributed by atoms with Crippen LogP contribution in [0.15, 0.2) is 54.6 Å². The quantitative estimate of drug-likeness (QED) is 0.158. The molecule has 0 bridgehead atoms. The van der Waals surface area contributed by atoms with Gasteiger partial charge in [0.1, 0.15) is 18.9 Å². The molecule has 214 valence electrons. The van der Waals surface area contributed by atoms with E-state index in [1.165, 1.54) is 24.0 Å². The third-order valence-electron chi connectivity index (χ3n) is 5.47. The normalized spacial score (nSPS) is 11.5. The minimum atomic E-state index is -1.11. The maximum Gasteiger partial charge on any atom is 0.305 e. The second kappa shape index (κ2) is 17.0. The van der Waals surface area contributed by atoms with E-state index in [-0.39, 0.29) is 30.9 Å². The number of hydrogen-bond acceptors (Lipinski definition) is 8. The summed E-state index contributed by atoms with van der Waals surface area (Å²) in [6, 6.07) is 12.9. The minimum Gasteiger partial charge on any atom is -0.481 e. The smallest absolute Gasteiger partial charge is 0.305 e. The molecule has 40 heavy (non-hydrogen) atoms. The number of ketones is 2. The van der Waals surface area contributed by atoms with E-state index in [0.29, 0.717) is 12.0 Å². The summed E-state index contributed by atoms with van der Waals surface area (Å²) >= 11 is 0. The number of aldehydes is 1. The number of hydrogen-bond donors (Lipinski definition) is 4. The molecule has 0 aliphatic carbocycles. The Hall–Kier alpha value is -4.71. The first-order valence-corrected chi connectivity index (χ1v) is 12.3. The molecule has 3 amide bonds. The summed E-state index contributed by atoms with van der Waals surface area (Å²) in [5, 5.41) is 22.3. The van der Waals surface area contributed by atoms with Gasteiger partial charge in [0.2, 0.25) is 11.7 Å². The van der Waals surface area contributed by atoms with Crippen molar-refractivity contribution in [3.8, 4) is 0 Å². The van der Waals surface area contributed by atoms with E-state index in [0.717, 1.165) is 5.56 Å². The molecule has 0 fully saturated rings. The van der Waals surface area contributed by atoms with Crippen molar-refractivity contribution < 1.29 is 43.8 Å². The van der Waals surface area contributed by atoms with Gasteiger partial charge in [-0.1, -0.05) is 55.5 Å². The average Bonchev–Trinajstić information content (AvgIpc) is 2.94. The summed E-state index contributed by atoms with van der Waals surface area (Å²) in [4.78, 5) is 81.2. The molecule has 0 spiro atoms. The Balaban J connectivity index is 0.000000562. The van der Waals surface area contributed by atoms with E-state index < -0.39 is 48.0 Å². The number of aliphatic carboxylic acids is 1. The number of benzene rings is 2. The summed E-state index contributed by atoms with van der Waals surface area (Å²) in [5.41, 5.74) is 1.47. The maximum absolute atomic E-state index is 12.3. The van der Waals surface area contributed by atoms with Crippen LogP contribution in [-0.2, 0) is 28.8 Å². The molecular formula is C28H33N3O9. The lowest BCUT2D eigenvalue weighted by Crippen LogP contribution is -2.51. The molecule has 2 aromatic carbocycles. The number of carboxylic acids is 1. The van der Waals surface area contributed by atoms with Gasteiger partial charge >= 0.3 is 5.97 Å². The summed E-state index contributed by atoms with van der Waals surface area (Å²) in [7, 11) is 0. The molecule has 0 radical (unpaired) electrons. The highest BCUT2D eigenvalue weighted by molar-refractivity contribution is 6.43. The monoisotopic (exact) mass is 555 g/mol. The number of aliphatic hydroxyl groups is 1. The number of para-hydroxylation sites is 1. The predicted molar refractivity (Wildman–Crippen MR) is 145 cm³/mol. The molecular weight excluding hydrogens is 522 g/mol. The van der Waals surface area contributed by atoms with Gasteiger partial charge in [0.05, 0.1) is 19.0 Å². The van der Waals surface area contributed by atoms with Crippen molar-refractivity contribution in [2.45, 2.75) is 45.7 Å². The molecule has 0 aliphatic rings. The number of nitrogens with zero attached hydrogens (tertiary/aromatic N) is 1. The second-order valence-corrected chi connectivity index (χ2v) is 8.54. The topological polar surface area (TPSA) is 187 Å². The van der Waals surface area contributed by atoms with Crippen LogP contribution in [-0.4, -0.2) is 77.0 Å². The minimum absolute atomic E-state index is 0.199. The molecule has 4 N–H and O–H groups in total. The third kappa shape index (κ3) is 11.0. The Morgan fingerprint density at radius 2 is 1.55 bits per heavy atom. The molecule has 0 heterocycles. The van der Waals surface area contributed by atoms with E-state index in [4.69, 9.17) is 5.11 Å². The van der Waals surface area contributed by atoms with Crippen molar-refractivity contribution in [1.82, 2.24) is 10.6 Å². The summed E-state index contributed by atoms with van der Waals surface area (Å²) in [6.45, 7) is 3.71. The largest absolute Gasteiger partial charge is 0.481 e. The number of amides is 3. The van der Waals surface area contributed by atoms with Crippen LogP contribution in [0, 0.1) is 6.92 Å². The number of rotatable bonds is 13. The summed E-state index contributed by atoms with van der Waals surface area (Å²) in [6.07, 6.45) is 0.293. The maximum atomic E-state index is 12.3. The fourth-order valence-corrected chi connectivity index (χ4v) is 3.32. The van der Waals surface area contributed by atoms with E-state index >= 15 is 0 Å². The van der Waals surface area contributed by atoms with Gasteiger partial charge in [-0.25, -0.2) is 0 Å². The Morgan fingerprint density at radius 1 is 0.950 bits per heavy atom. The zero-order valence-corrected chi connectivity index (χ0v) is 22.5. The number of nitrogens with one attached hydrogen (secondary N) is 2. The molecule has 2 rings (SSSR count). The average molecular weight is 556 g/mol. The van der Waals surface area contributed by atoms with E-state index in [1.54, 1.807) is 56.3 Å². The molecule has 12 nitrogen and oxygen atoms in total. The van der Waals surface area contributed by atoms with E-state index in [2.05, 4.69) is 10.6 Å². The molecule has 2 unspecified atom stereocenters. The lowest BCUT2D eigenvalue weighted by Gasteiger charge is -2.27. The zero-order chi connectivity index (χ0) is 30.2. The first-order chi connectivity index (χ1) is 18.9. The van der Waals surface area contributed by atoms with Crippen molar-refractivity contribution >= 4 is 47.2 Å². The molecule has 0 saturated carbocycles.